The van der Waals surface area contributed by atoms with Crippen molar-refractivity contribution < 1.29 is 16.8 Å². The van der Waals surface area contributed by atoms with E-state index >= 15 is 0 Å². The van der Waals surface area contributed by atoms with Crippen molar-refractivity contribution in [2.75, 3.05) is 26.2 Å². The zero-order valence-corrected chi connectivity index (χ0v) is 16.7. The molecule has 26 heavy (non-hydrogen) atoms. The summed E-state index contributed by atoms with van der Waals surface area (Å²) in [6.07, 6.45) is 1.55. The summed E-state index contributed by atoms with van der Waals surface area (Å²) < 4.78 is 53.1. The van der Waals surface area contributed by atoms with Gasteiger partial charge in [0.1, 0.15) is 4.21 Å². The van der Waals surface area contributed by atoms with Gasteiger partial charge in [0.2, 0.25) is 10.0 Å². The number of hydrogen-bond acceptors (Lipinski definition) is 5. The van der Waals surface area contributed by atoms with Crippen molar-refractivity contribution >= 4 is 37.5 Å². The SMILES string of the molecule is Cc1ccc(S(=O)(=O)N2CCN(S(=O)(=O)/C=C/c3ccccc3)CC2)s1. The van der Waals surface area contributed by atoms with E-state index in [2.05, 4.69) is 0 Å². The van der Waals surface area contributed by atoms with Crippen molar-refractivity contribution in [3.63, 3.8) is 0 Å². The predicted molar refractivity (Wildman–Crippen MR) is 104 cm³/mol. The zero-order chi connectivity index (χ0) is 18.8. The predicted octanol–water partition coefficient (Wildman–Crippen LogP) is 2.36. The first-order valence-electron chi connectivity index (χ1n) is 8.09. The molecule has 0 unspecified atom stereocenters. The van der Waals surface area contributed by atoms with E-state index in [1.807, 2.05) is 37.3 Å². The molecule has 1 aromatic carbocycles. The van der Waals surface area contributed by atoms with Crippen LogP contribution in [0.25, 0.3) is 6.08 Å². The summed E-state index contributed by atoms with van der Waals surface area (Å²) in [5.74, 6) is 0. The number of thiophene rings is 1. The van der Waals surface area contributed by atoms with Crippen LogP contribution in [0.15, 0.2) is 52.1 Å². The highest BCUT2D eigenvalue weighted by Crippen LogP contribution is 2.25. The lowest BCUT2D eigenvalue weighted by atomic mass is 10.2. The van der Waals surface area contributed by atoms with Crippen molar-refractivity contribution in [2.45, 2.75) is 11.1 Å². The van der Waals surface area contributed by atoms with E-state index < -0.39 is 20.0 Å². The van der Waals surface area contributed by atoms with Crippen LogP contribution in [0.5, 0.6) is 0 Å². The molecule has 0 atom stereocenters. The van der Waals surface area contributed by atoms with Gasteiger partial charge in [-0.1, -0.05) is 30.3 Å². The molecular formula is C17H20N2O4S3. The lowest BCUT2D eigenvalue weighted by Crippen LogP contribution is -2.49. The maximum atomic E-state index is 12.6. The third-order valence-corrected chi connectivity index (χ3v) is 9.03. The smallest absolute Gasteiger partial charge is 0.208 e. The molecule has 1 aromatic heterocycles. The third kappa shape index (κ3) is 4.24. The fraction of sp³-hybridized carbons (Fsp3) is 0.294. The Bertz CT molecular complexity index is 988. The first-order valence-corrected chi connectivity index (χ1v) is 11.8. The minimum Gasteiger partial charge on any atom is -0.208 e. The summed E-state index contributed by atoms with van der Waals surface area (Å²) in [5, 5.41) is 1.18. The van der Waals surface area contributed by atoms with Crippen molar-refractivity contribution in [3.8, 4) is 0 Å². The average molecular weight is 413 g/mol. The van der Waals surface area contributed by atoms with Gasteiger partial charge in [-0.3, -0.25) is 0 Å². The molecule has 0 saturated carbocycles. The van der Waals surface area contributed by atoms with Crippen LogP contribution in [-0.4, -0.2) is 51.6 Å². The minimum atomic E-state index is -3.58. The van der Waals surface area contributed by atoms with Crippen molar-refractivity contribution in [1.82, 2.24) is 8.61 Å². The minimum absolute atomic E-state index is 0.144. The molecule has 1 fully saturated rings. The number of aryl methyl sites for hydroxylation is 1. The lowest BCUT2D eigenvalue weighted by Gasteiger charge is -2.32. The molecule has 0 bridgehead atoms. The molecule has 0 N–H and O–H groups in total. The summed E-state index contributed by atoms with van der Waals surface area (Å²) in [5.41, 5.74) is 0.797. The van der Waals surface area contributed by atoms with Crippen LogP contribution in [0, 0.1) is 6.92 Å². The Labute approximate surface area is 158 Å². The summed E-state index contributed by atoms with van der Waals surface area (Å²) in [6, 6.07) is 12.5. The van der Waals surface area contributed by atoms with Gasteiger partial charge in [0, 0.05) is 36.5 Å². The van der Waals surface area contributed by atoms with Crippen molar-refractivity contribution in [2.24, 2.45) is 0 Å². The molecule has 6 nitrogen and oxygen atoms in total. The van der Waals surface area contributed by atoms with E-state index in [9.17, 15) is 16.8 Å². The quantitative estimate of drug-likeness (QED) is 0.756. The molecule has 0 radical (unpaired) electrons. The maximum Gasteiger partial charge on any atom is 0.252 e. The summed E-state index contributed by atoms with van der Waals surface area (Å²) in [4.78, 5) is 0.927. The molecule has 3 rings (SSSR count). The molecule has 1 aliphatic heterocycles. The zero-order valence-electron chi connectivity index (χ0n) is 14.3. The summed E-state index contributed by atoms with van der Waals surface area (Å²) in [6.45, 7) is 2.44. The first kappa shape index (κ1) is 19.2. The van der Waals surface area contributed by atoms with Gasteiger partial charge in [0.05, 0.1) is 0 Å². The Hall–Kier alpha value is -1.52. The van der Waals surface area contributed by atoms with E-state index in [4.69, 9.17) is 0 Å². The van der Waals surface area contributed by atoms with E-state index in [1.165, 1.54) is 25.4 Å². The second-order valence-corrected chi connectivity index (χ2v) is 11.2. The fourth-order valence-corrected chi connectivity index (χ4v) is 6.69. The van der Waals surface area contributed by atoms with Crippen LogP contribution in [0.3, 0.4) is 0 Å². The maximum absolute atomic E-state index is 12.6. The third-order valence-electron chi connectivity index (χ3n) is 4.10. The van der Waals surface area contributed by atoms with E-state index in [-0.39, 0.29) is 26.2 Å². The van der Waals surface area contributed by atoms with E-state index in [1.54, 1.807) is 18.2 Å². The van der Waals surface area contributed by atoms with E-state index in [0.29, 0.717) is 4.21 Å². The highest BCUT2D eigenvalue weighted by atomic mass is 32.2. The van der Waals surface area contributed by atoms with Crippen molar-refractivity contribution in [1.29, 1.82) is 0 Å². The summed E-state index contributed by atoms with van der Waals surface area (Å²) in [7, 11) is -7.13. The highest BCUT2D eigenvalue weighted by molar-refractivity contribution is 7.92. The van der Waals surface area contributed by atoms with Crippen LogP contribution in [0.1, 0.15) is 10.4 Å². The molecule has 2 heterocycles. The standard InChI is InChI=1S/C17H20N2O4S3/c1-15-7-8-17(24-15)26(22,23)19-12-10-18(11-13-19)25(20,21)14-9-16-5-3-2-4-6-16/h2-9,14H,10-13H2,1H3/b14-9+. The number of benzene rings is 1. The van der Waals surface area contributed by atoms with Crippen LogP contribution in [0.2, 0.25) is 0 Å². The van der Waals surface area contributed by atoms with Crippen molar-refractivity contribution in [3.05, 3.63) is 58.3 Å². The molecule has 0 amide bonds. The van der Waals surface area contributed by atoms with Gasteiger partial charge in [-0.15, -0.1) is 11.3 Å². The van der Waals surface area contributed by atoms with Crippen LogP contribution < -0.4 is 0 Å². The summed E-state index contributed by atoms with van der Waals surface area (Å²) >= 11 is 1.23. The number of sulfonamides is 2. The lowest BCUT2D eigenvalue weighted by molar-refractivity contribution is 0.275. The first-order chi connectivity index (χ1) is 12.3. The number of rotatable bonds is 5. The number of nitrogens with zero attached hydrogens (tertiary/aromatic N) is 2. The Kier molecular flexibility index (Phi) is 5.64. The van der Waals surface area contributed by atoms with Gasteiger partial charge in [0.15, 0.2) is 0 Å². The molecule has 9 heteroatoms. The van der Waals surface area contributed by atoms with Crippen LogP contribution in [-0.2, 0) is 20.0 Å². The number of hydrogen-bond donors (Lipinski definition) is 0. The van der Waals surface area contributed by atoms with Gasteiger partial charge in [-0.25, -0.2) is 16.8 Å². The molecule has 1 aliphatic rings. The highest BCUT2D eigenvalue weighted by Gasteiger charge is 2.32. The van der Waals surface area contributed by atoms with Gasteiger partial charge in [0.25, 0.3) is 10.0 Å². The molecular weight excluding hydrogens is 392 g/mol. The second kappa shape index (κ2) is 7.61. The van der Waals surface area contributed by atoms with Gasteiger partial charge >= 0.3 is 0 Å². The van der Waals surface area contributed by atoms with Crippen LogP contribution >= 0.6 is 11.3 Å². The molecule has 0 spiro atoms. The van der Waals surface area contributed by atoms with Gasteiger partial charge < -0.3 is 0 Å². The monoisotopic (exact) mass is 412 g/mol. The fourth-order valence-electron chi connectivity index (χ4n) is 2.66. The molecule has 0 aliphatic carbocycles. The molecule has 1 saturated heterocycles. The normalized spacial score (nSPS) is 17.7. The Morgan fingerprint density at radius 2 is 1.50 bits per heavy atom. The Morgan fingerprint density at radius 1 is 0.885 bits per heavy atom. The topological polar surface area (TPSA) is 74.8 Å². The second-order valence-electron chi connectivity index (χ2n) is 5.93. The van der Waals surface area contributed by atoms with Gasteiger partial charge in [-0.05, 0) is 30.7 Å². The van der Waals surface area contributed by atoms with Gasteiger partial charge in [-0.2, -0.15) is 8.61 Å². The molecule has 2 aromatic rings. The Balaban J connectivity index is 1.67. The Morgan fingerprint density at radius 3 is 2.08 bits per heavy atom. The van der Waals surface area contributed by atoms with Crippen LogP contribution in [0.4, 0.5) is 0 Å². The average Bonchev–Trinajstić information content (AvgIpc) is 3.08. The van der Waals surface area contributed by atoms with E-state index in [0.717, 1.165) is 10.4 Å². The number of piperazine rings is 1. The molecule has 140 valence electrons. The largest absolute Gasteiger partial charge is 0.252 e.